The third kappa shape index (κ3) is 1.82. The second-order valence-corrected chi connectivity index (χ2v) is 3.98. The van der Waals surface area contributed by atoms with Gasteiger partial charge in [-0.15, -0.1) is 0 Å². The number of azide groups is 1. The van der Waals surface area contributed by atoms with Crippen molar-refractivity contribution < 1.29 is 5.11 Å². The number of benzene rings is 1. The predicted molar refractivity (Wildman–Crippen MR) is 57.3 cm³/mol. The monoisotopic (exact) mass is 203 g/mol. The minimum Gasteiger partial charge on any atom is -0.395 e. The molecule has 2 rings (SSSR count). The van der Waals surface area contributed by atoms with E-state index in [9.17, 15) is 5.11 Å². The van der Waals surface area contributed by atoms with Gasteiger partial charge >= 0.3 is 0 Å². The van der Waals surface area contributed by atoms with E-state index in [1.165, 1.54) is 0 Å². The van der Waals surface area contributed by atoms with Crippen molar-refractivity contribution in [1.82, 2.24) is 0 Å². The molecule has 0 spiro atoms. The second kappa shape index (κ2) is 3.93. The van der Waals surface area contributed by atoms with Crippen molar-refractivity contribution in [2.45, 2.75) is 24.8 Å². The zero-order chi connectivity index (χ0) is 10.7. The van der Waals surface area contributed by atoms with Crippen LogP contribution in [-0.4, -0.2) is 11.7 Å². The molecule has 0 radical (unpaired) electrons. The Labute approximate surface area is 88.2 Å². The third-order valence-electron chi connectivity index (χ3n) is 3.05. The maximum absolute atomic E-state index is 9.36. The highest BCUT2D eigenvalue weighted by molar-refractivity contribution is 5.38. The van der Waals surface area contributed by atoms with Crippen LogP contribution < -0.4 is 0 Å². The Morgan fingerprint density at radius 3 is 2.73 bits per heavy atom. The van der Waals surface area contributed by atoms with Gasteiger partial charge in [0.25, 0.3) is 0 Å². The van der Waals surface area contributed by atoms with Gasteiger partial charge in [0.1, 0.15) is 0 Å². The molecule has 1 aromatic carbocycles. The van der Waals surface area contributed by atoms with E-state index in [1.807, 2.05) is 24.3 Å². The summed E-state index contributed by atoms with van der Waals surface area (Å²) in [6, 6.07) is 7.87. The Morgan fingerprint density at radius 1 is 1.40 bits per heavy atom. The lowest BCUT2D eigenvalue weighted by molar-refractivity contribution is 0.254. The summed E-state index contributed by atoms with van der Waals surface area (Å²) in [5.74, 6) is 0. The number of hydrogen-bond donors (Lipinski definition) is 1. The van der Waals surface area contributed by atoms with Gasteiger partial charge in [-0.2, -0.15) is 0 Å². The Balaban J connectivity index is 2.33. The summed E-state index contributed by atoms with van der Waals surface area (Å²) in [4.78, 5) is 2.76. The molecule has 0 amide bonds. The van der Waals surface area contributed by atoms with Crippen LogP contribution in [0.2, 0.25) is 0 Å². The molecule has 0 unspecified atom stereocenters. The van der Waals surface area contributed by atoms with Gasteiger partial charge < -0.3 is 5.11 Å². The molecule has 78 valence electrons. The number of aliphatic hydroxyl groups excluding tert-OH is 1. The van der Waals surface area contributed by atoms with Gasteiger partial charge in [-0.25, -0.2) is 0 Å². The van der Waals surface area contributed by atoms with Gasteiger partial charge in [0.05, 0.1) is 13.2 Å². The van der Waals surface area contributed by atoms with E-state index in [4.69, 9.17) is 5.53 Å². The first-order valence-electron chi connectivity index (χ1n) is 5.02. The molecule has 1 aromatic rings. The van der Waals surface area contributed by atoms with Crippen LogP contribution >= 0.6 is 0 Å². The number of aliphatic hydroxyl groups is 1. The Morgan fingerprint density at radius 2 is 2.13 bits per heavy atom. The number of rotatable bonds is 4. The van der Waals surface area contributed by atoms with Crippen molar-refractivity contribution in [1.29, 1.82) is 0 Å². The van der Waals surface area contributed by atoms with Gasteiger partial charge in [-0.3, -0.25) is 0 Å². The van der Waals surface area contributed by atoms with Crippen molar-refractivity contribution in [3.8, 4) is 0 Å². The summed E-state index contributed by atoms with van der Waals surface area (Å²) in [6.45, 7) is 0.550. The zero-order valence-electron chi connectivity index (χ0n) is 8.43. The number of hydrogen-bond acceptors (Lipinski definition) is 2. The normalized spacial score (nSPS) is 16.9. The molecular formula is C11H13N3O. The smallest absolute Gasteiger partial charge is 0.0528 e. The first-order valence-corrected chi connectivity index (χ1v) is 5.02. The first-order chi connectivity index (χ1) is 7.32. The Hall–Kier alpha value is -1.51. The average Bonchev–Trinajstić information content (AvgIpc) is 3.08. The summed E-state index contributed by atoms with van der Waals surface area (Å²) < 4.78 is 0. The lowest BCUT2D eigenvalue weighted by Crippen LogP contribution is -2.14. The highest BCUT2D eigenvalue weighted by Gasteiger charge is 2.44. The van der Waals surface area contributed by atoms with E-state index in [2.05, 4.69) is 10.0 Å². The van der Waals surface area contributed by atoms with Crippen LogP contribution in [0.4, 0.5) is 0 Å². The van der Waals surface area contributed by atoms with E-state index in [0.717, 1.165) is 24.0 Å². The summed E-state index contributed by atoms with van der Waals surface area (Å²) >= 11 is 0. The van der Waals surface area contributed by atoms with E-state index in [1.54, 1.807) is 0 Å². The molecule has 1 fully saturated rings. The zero-order valence-corrected chi connectivity index (χ0v) is 8.43. The summed E-state index contributed by atoms with van der Waals surface area (Å²) in [5.41, 5.74) is 10.4. The van der Waals surface area contributed by atoms with Crippen LogP contribution in [0.5, 0.6) is 0 Å². The van der Waals surface area contributed by atoms with Gasteiger partial charge in [0.2, 0.25) is 0 Å². The molecule has 0 heterocycles. The molecule has 0 bridgehead atoms. The molecule has 0 atom stereocenters. The van der Waals surface area contributed by atoms with Crippen LogP contribution in [0, 0.1) is 0 Å². The van der Waals surface area contributed by atoms with Crippen LogP contribution in [-0.2, 0) is 12.0 Å². The Bertz CT molecular complexity index is 406. The molecule has 1 saturated carbocycles. The highest BCUT2D eigenvalue weighted by Crippen LogP contribution is 2.48. The van der Waals surface area contributed by atoms with Crippen LogP contribution in [0.25, 0.3) is 10.4 Å². The summed E-state index contributed by atoms with van der Waals surface area (Å²) in [7, 11) is 0. The summed E-state index contributed by atoms with van der Waals surface area (Å²) in [6.07, 6.45) is 2.05. The van der Waals surface area contributed by atoms with E-state index < -0.39 is 0 Å². The average molecular weight is 203 g/mol. The Kier molecular flexibility index (Phi) is 2.62. The molecule has 15 heavy (non-hydrogen) atoms. The van der Waals surface area contributed by atoms with Crippen LogP contribution in [0.1, 0.15) is 24.0 Å². The molecule has 0 saturated heterocycles. The molecule has 1 aliphatic carbocycles. The SMILES string of the molecule is [N-]=[N+]=NCc1ccccc1C1(CO)CC1. The van der Waals surface area contributed by atoms with Crippen LogP contribution in [0.15, 0.2) is 29.4 Å². The predicted octanol–water partition coefficient (Wildman–Crippen LogP) is 2.52. The van der Waals surface area contributed by atoms with Gasteiger partial charge in [0.15, 0.2) is 0 Å². The first kappa shape index (κ1) is 10.0. The van der Waals surface area contributed by atoms with Crippen LogP contribution in [0.3, 0.4) is 0 Å². The second-order valence-electron chi connectivity index (χ2n) is 3.98. The topological polar surface area (TPSA) is 69.0 Å². The molecule has 4 heteroatoms. The van der Waals surface area contributed by atoms with Crippen molar-refractivity contribution in [2.24, 2.45) is 5.11 Å². The molecular weight excluding hydrogens is 190 g/mol. The number of nitrogens with zero attached hydrogens (tertiary/aromatic N) is 3. The lowest BCUT2D eigenvalue weighted by atomic mass is 9.92. The fourth-order valence-electron chi connectivity index (χ4n) is 1.95. The highest BCUT2D eigenvalue weighted by atomic mass is 16.3. The molecule has 1 aliphatic rings. The van der Waals surface area contributed by atoms with Gasteiger partial charge in [-0.1, -0.05) is 29.4 Å². The van der Waals surface area contributed by atoms with Gasteiger partial charge in [-0.05, 0) is 29.5 Å². The van der Waals surface area contributed by atoms with Crippen molar-refractivity contribution >= 4 is 0 Å². The third-order valence-corrected chi connectivity index (χ3v) is 3.05. The van der Waals surface area contributed by atoms with Gasteiger partial charge in [0, 0.05) is 10.3 Å². The van der Waals surface area contributed by atoms with E-state index in [-0.39, 0.29) is 12.0 Å². The van der Waals surface area contributed by atoms with E-state index in [0.29, 0.717) is 6.54 Å². The quantitative estimate of drug-likeness (QED) is 0.456. The maximum atomic E-state index is 9.36. The molecule has 0 aliphatic heterocycles. The largest absolute Gasteiger partial charge is 0.395 e. The fourth-order valence-corrected chi connectivity index (χ4v) is 1.95. The minimum absolute atomic E-state index is 0.0540. The molecule has 0 aromatic heterocycles. The minimum atomic E-state index is -0.0540. The lowest BCUT2D eigenvalue weighted by Gasteiger charge is -2.15. The molecule has 1 N–H and O–H groups in total. The van der Waals surface area contributed by atoms with Crippen molar-refractivity contribution in [3.05, 3.63) is 45.8 Å². The van der Waals surface area contributed by atoms with Crippen molar-refractivity contribution in [3.63, 3.8) is 0 Å². The van der Waals surface area contributed by atoms with Crippen molar-refractivity contribution in [2.75, 3.05) is 6.61 Å². The summed E-state index contributed by atoms with van der Waals surface area (Å²) in [5, 5.41) is 12.9. The molecule has 4 nitrogen and oxygen atoms in total. The fraction of sp³-hybridized carbons (Fsp3) is 0.455. The standard InChI is InChI=1S/C11H13N3O/c12-14-13-7-9-3-1-2-4-10(9)11(8-15)5-6-11/h1-4,15H,5-8H2. The maximum Gasteiger partial charge on any atom is 0.0528 e. The van der Waals surface area contributed by atoms with E-state index >= 15 is 0 Å².